The number of rotatable bonds is 9. The van der Waals surface area contributed by atoms with Crippen LogP contribution in [0.3, 0.4) is 0 Å². The summed E-state index contributed by atoms with van der Waals surface area (Å²) in [6.07, 6.45) is 14.6. The standard InChI is InChI=1S/C19H31NO/c1-3-4-5-6-7-17-12-19(17,2)14-20(13-15-8-9-15)18(21)16-10-11-16/h4-5,15-17H,3,6-14H2,1-2H3/b5-4-. The summed E-state index contributed by atoms with van der Waals surface area (Å²) in [6.45, 7) is 6.67. The maximum atomic E-state index is 12.5. The molecule has 3 fully saturated rings. The number of amides is 1. The molecule has 0 aromatic heterocycles. The fraction of sp³-hybridized carbons (Fsp3) is 0.842. The van der Waals surface area contributed by atoms with E-state index >= 15 is 0 Å². The molecule has 3 aliphatic carbocycles. The molecule has 0 radical (unpaired) electrons. The van der Waals surface area contributed by atoms with Crippen LogP contribution < -0.4 is 0 Å². The summed E-state index contributed by atoms with van der Waals surface area (Å²) < 4.78 is 0. The van der Waals surface area contributed by atoms with E-state index in [1.165, 1.54) is 32.1 Å². The Morgan fingerprint density at radius 2 is 2.00 bits per heavy atom. The number of allylic oxidation sites excluding steroid dienone is 2. The van der Waals surface area contributed by atoms with Crippen LogP contribution in [0.1, 0.15) is 65.2 Å². The minimum Gasteiger partial charge on any atom is -0.342 e. The van der Waals surface area contributed by atoms with Gasteiger partial charge in [-0.25, -0.2) is 0 Å². The zero-order chi connectivity index (χ0) is 14.9. The molecule has 21 heavy (non-hydrogen) atoms. The number of carbonyl (C=O) groups excluding carboxylic acids is 1. The second kappa shape index (κ2) is 6.14. The van der Waals surface area contributed by atoms with Gasteiger partial charge in [-0.3, -0.25) is 4.79 Å². The number of carbonyl (C=O) groups is 1. The van der Waals surface area contributed by atoms with E-state index in [0.29, 0.717) is 17.2 Å². The summed E-state index contributed by atoms with van der Waals surface area (Å²) in [4.78, 5) is 14.7. The molecular weight excluding hydrogens is 258 g/mol. The molecule has 2 heteroatoms. The van der Waals surface area contributed by atoms with Gasteiger partial charge in [0.15, 0.2) is 0 Å². The van der Waals surface area contributed by atoms with Gasteiger partial charge in [-0.15, -0.1) is 0 Å². The Morgan fingerprint density at radius 1 is 1.24 bits per heavy atom. The van der Waals surface area contributed by atoms with Gasteiger partial charge < -0.3 is 4.90 Å². The predicted molar refractivity (Wildman–Crippen MR) is 86.9 cm³/mol. The van der Waals surface area contributed by atoms with Crippen LogP contribution in [0.2, 0.25) is 0 Å². The molecule has 3 aliphatic rings. The average Bonchev–Trinajstić information content (AvgIpc) is 3.31. The fourth-order valence-corrected chi connectivity index (χ4v) is 3.60. The predicted octanol–water partition coefficient (Wildman–Crippen LogP) is 4.41. The van der Waals surface area contributed by atoms with Gasteiger partial charge in [0.25, 0.3) is 0 Å². The summed E-state index contributed by atoms with van der Waals surface area (Å²) in [7, 11) is 0. The van der Waals surface area contributed by atoms with Gasteiger partial charge in [0.2, 0.25) is 5.91 Å². The first-order valence-corrected chi connectivity index (χ1v) is 9.06. The zero-order valence-electron chi connectivity index (χ0n) is 13.8. The van der Waals surface area contributed by atoms with Crippen molar-refractivity contribution in [3.63, 3.8) is 0 Å². The van der Waals surface area contributed by atoms with Crippen LogP contribution in [0, 0.1) is 23.2 Å². The van der Waals surface area contributed by atoms with Gasteiger partial charge in [-0.05, 0) is 68.6 Å². The fourth-order valence-electron chi connectivity index (χ4n) is 3.60. The molecule has 3 saturated carbocycles. The van der Waals surface area contributed by atoms with Crippen molar-refractivity contribution in [2.75, 3.05) is 13.1 Å². The van der Waals surface area contributed by atoms with Crippen molar-refractivity contribution in [3.8, 4) is 0 Å². The average molecular weight is 289 g/mol. The molecule has 0 aromatic carbocycles. The molecule has 3 rings (SSSR count). The van der Waals surface area contributed by atoms with Gasteiger partial charge >= 0.3 is 0 Å². The number of hydrogen-bond acceptors (Lipinski definition) is 1. The minimum atomic E-state index is 0.386. The smallest absolute Gasteiger partial charge is 0.225 e. The molecule has 0 aromatic rings. The van der Waals surface area contributed by atoms with Crippen LogP contribution in [0.4, 0.5) is 0 Å². The summed E-state index contributed by atoms with van der Waals surface area (Å²) in [5.74, 6) is 2.52. The van der Waals surface area contributed by atoms with E-state index in [4.69, 9.17) is 0 Å². The van der Waals surface area contributed by atoms with E-state index in [1.807, 2.05) is 0 Å². The van der Waals surface area contributed by atoms with Gasteiger partial charge in [0.05, 0.1) is 0 Å². The van der Waals surface area contributed by atoms with Crippen LogP contribution in [-0.4, -0.2) is 23.9 Å². The Kier molecular flexibility index (Phi) is 4.42. The number of hydrogen-bond donors (Lipinski definition) is 0. The van der Waals surface area contributed by atoms with Crippen molar-refractivity contribution in [1.82, 2.24) is 4.90 Å². The van der Waals surface area contributed by atoms with Crippen LogP contribution in [-0.2, 0) is 4.79 Å². The van der Waals surface area contributed by atoms with Gasteiger partial charge in [0, 0.05) is 19.0 Å². The molecule has 0 bridgehead atoms. The van der Waals surface area contributed by atoms with Crippen LogP contribution in [0.25, 0.3) is 0 Å². The Balaban J connectivity index is 1.48. The summed E-state index contributed by atoms with van der Waals surface area (Å²) >= 11 is 0. The lowest BCUT2D eigenvalue weighted by atomic mass is 10.0. The van der Waals surface area contributed by atoms with Gasteiger partial charge in [-0.1, -0.05) is 26.0 Å². The second-order valence-corrected chi connectivity index (χ2v) is 7.95. The normalized spacial score (nSPS) is 31.6. The molecule has 0 saturated heterocycles. The van der Waals surface area contributed by atoms with E-state index in [9.17, 15) is 4.79 Å². The maximum Gasteiger partial charge on any atom is 0.225 e. The van der Waals surface area contributed by atoms with Crippen molar-refractivity contribution < 1.29 is 4.79 Å². The van der Waals surface area contributed by atoms with Crippen molar-refractivity contribution in [2.45, 2.75) is 65.2 Å². The SMILES string of the molecule is CC/C=C\CCC1CC1(C)CN(CC1CC1)C(=O)C1CC1. The molecule has 118 valence electrons. The number of nitrogens with zero attached hydrogens (tertiary/aromatic N) is 1. The van der Waals surface area contributed by atoms with Crippen molar-refractivity contribution in [2.24, 2.45) is 23.2 Å². The first-order chi connectivity index (χ1) is 10.1. The topological polar surface area (TPSA) is 20.3 Å². The Hall–Kier alpha value is -0.790. The van der Waals surface area contributed by atoms with Crippen LogP contribution >= 0.6 is 0 Å². The maximum absolute atomic E-state index is 12.5. The highest BCUT2D eigenvalue weighted by molar-refractivity contribution is 5.81. The van der Waals surface area contributed by atoms with E-state index in [2.05, 4.69) is 30.9 Å². The van der Waals surface area contributed by atoms with E-state index in [-0.39, 0.29) is 0 Å². The second-order valence-electron chi connectivity index (χ2n) is 7.95. The van der Waals surface area contributed by atoms with Gasteiger partial charge in [0.1, 0.15) is 0 Å². The monoisotopic (exact) mass is 289 g/mol. The van der Waals surface area contributed by atoms with Crippen LogP contribution in [0.5, 0.6) is 0 Å². The minimum absolute atomic E-state index is 0.386. The Labute approximate surface area is 130 Å². The first kappa shape index (κ1) is 15.1. The van der Waals surface area contributed by atoms with Crippen molar-refractivity contribution >= 4 is 5.91 Å². The Morgan fingerprint density at radius 3 is 2.62 bits per heavy atom. The third-order valence-electron chi connectivity index (χ3n) is 5.59. The highest BCUT2D eigenvalue weighted by Gasteiger charge is 2.51. The highest BCUT2D eigenvalue weighted by Crippen LogP contribution is 2.55. The zero-order valence-corrected chi connectivity index (χ0v) is 13.8. The largest absolute Gasteiger partial charge is 0.342 e. The molecule has 0 spiro atoms. The molecule has 1 amide bonds. The molecule has 0 N–H and O–H groups in total. The van der Waals surface area contributed by atoms with E-state index < -0.39 is 0 Å². The molecule has 0 heterocycles. The third-order valence-corrected chi connectivity index (χ3v) is 5.59. The third kappa shape index (κ3) is 4.11. The molecule has 2 unspecified atom stereocenters. The summed E-state index contributed by atoms with van der Waals surface area (Å²) in [5.41, 5.74) is 0.416. The van der Waals surface area contributed by atoms with Crippen molar-refractivity contribution in [3.05, 3.63) is 12.2 Å². The summed E-state index contributed by atoms with van der Waals surface area (Å²) in [5, 5.41) is 0. The van der Waals surface area contributed by atoms with Crippen LogP contribution in [0.15, 0.2) is 12.2 Å². The lowest BCUT2D eigenvalue weighted by molar-refractivity contribution is -0.133. The van der Waals surface area contributed by atoms with Crippen molar-refractivity contribution in [1.29, 1.82) is 0 Å². The first-order valence-electron chi connectivity index (χ1n) is 9.06. The van der Waals surface area contributed by atoms with E-state index in [0.717, 1.165) is 44.2 Å². The molecule has 2 atom stereocenters. The molecule has 2 nitrogen and oxygen atoms in total. The molecular formula is C19H31NO. The quantitative estimate of drug-likeness (QED) is 0.576. The lowest BCUT2D eigenvalue weighted by Crippen LogP contribution is -2.38. The highest BCUT2D eigenvalue weighted by atomic mass is 16.2. The van der Waals surface area contributed by atoms with E-state index in [1.54, 1.807) is 0 Å². The molecule has 0 aliphatic heterocycles. The Bertz CT molecular complexity index is 408. The summed E-state index contributed by atoms with van der Waals surface area (Å²) in [6, 6.07) is 0. The lowest BCUT2D eigenvalue weighted by Gasteiger charge is -2.27. The van der Waals surface area contributed by atoms with Gasteiger partial charge in [-0.2, -0.15) is 0 Å².